The number of halogens is 2. The van der Waals surface area contributed by atoms with Crippen LogP contribution in [0.25, 0.3) is 0 Å². The summed E-state index contributed by atoms with van der Waals surface area (Å²) in [5, 5.41) is 11.1. The lowest BCUT2D eigenvalue weighted by Crippen LogP contribution is -2.37. The molecule has 0 spiro atoms. The van der Waals surface area contributed by atoms with Crippen LogP contribution in [0, 0.1) is 5.92 Å². The lowest BCUT2D eigenvalue weighted by Gasteiger charge is -2.27. The van der Waals surface area contributed by atoms with Gasteiger partial charge in [0.15, 0.2) is 0 Å². The molecule has 0 aliphatic rings. The first-order valence-electron chi connectivity index (χ1n) is 5.13. The second kappa shape index (κ2) is 5.26. The molecule has 1 aromatic carbocycles. The zero-order valence-electron chi connectivity index (χ0n) is 9.63. The van der Waals surface area contributed by atoms with Crippen molar-refractivity contribution in [3.05, 3.63) is 28.2 Å². The third kappa shape index (κ3) is 3.55. The minimum Gasteiger partial charge on any atom is -0.489 e. The first-order chi connectivity index (χ1) is 7.33. The Morgan fingerprint density at radius 3 is 2.56 bits per heavy atom. The van der Waals surface area contributed by atoms with Gasteiger partial charge >= 0.3 is 0 Å². The fraction of sp³-hybridized carbons (Fsp3) is 0.500. The van der Waals surface area contributed by atoms with Gasteiger partial charge in [0.25, 0.3) is 0 Å². The van der Waals surface area contributed by atoms with E-state index in [0.29, 0.717) is 15.8 Å². The fourth-order valence-corrected chi connectivity index (χ4v) is 1.31. The Morgan fingerprint density at radius 2 is 2.00 bits per heavy atom. The van der Waals surface area contributed by atoms with Gasteiger partial charge in [-0.2, -0.15) is 0 Å². The van der Waals surface area contributed by atoms with E-state index in [9.17, 15) is 5.11 Å². The lowest BCUT2D eigenvalue weighted by atomic mass is 9.94. The SMILES string of the molecule is CC(C)C(C)(O)COc1cc(Cl)ccc1Cl. The summed E-state index contributed by atoms with van der Waals surface area (Å²) in [5.41, 5.74) is -0.883. The van der Waals surface area contributed by atoms with E-state index in [-0.39, 0.29) is 12.5 Å². The highest BCUT2D eigenvalue weighted by Gasteiger charge is 2.26. The molecule has 0 aliphatic heterocycles. The Balaban J connectivity index is 2.71. The predicted octanol–water partition coefficient (Wildman–Crippen LogP) is 3.78. The van der Waals surface area contributed by atoms with Crippen LogP contribution < -0.4 is 4.74 Å². The molecule has 1 rings (SSSR count). The molecule has 0 saturated carbocycles. The number of benzene rings is 1. The van der Waals surface area contributed by atoms with Gasteiger partial charge in [0.05, 0.1) is 10.6 Å². The van der Waals surface area contributed by atoms with Gasteiger partial charge in [-0.25, -0.2) is 0 Å². The van der Waals surface area contributed by atoms with Crippen molar-refractivity contribution in [3.8, 4) is 5.75 Å². The van der Waals surface area contributed by atoms with Gasteiger partial charge < -0.3 is 9.84 Å². The largest absolute Gasteiger partial charge is 0.489 e. The average Bonchev–Trinajstić information content (AvgIpc) is 2.19. The molecule has 0 saturated heterocycles. The molecular weight excluding hydrogens is 247 g/mol. The van der Waals surface area contributed by atoms with Gasteiger partial charge in [0, 0.05) is 11.1 Å². The van der Waals surface area contributed by atoms with E-state index in [2.05, 4.69) is 0 Å². The Morgan fingerprint density at radius 1 is 1.38 bits per heavy atom. The van der Waals surface area contributed by atoms with Crippen molar-refractivity contribution < 1.29 is 9.84 Å². The molecule has 4 heteroatoms. The smallest absolute Gasteiger partial charge is 0.139 e. The van der Waals surface area contributed by atoms with E-state index in [1.54, 1.807) is 25.1 Å². The van der Waals surface area contributed by atoms with E-state index in [4.69, 9.17) is 27.9 Å². The van der Waals surface area contributed by atoms with Gasteiger partial charge in [-0.05, 0) is 25.0 Å². The van der Waals surface area contributed by atoms with Crippen molar-refractivity contribution in [1.29, 1.82) is 0 Å². The molecule has 0 bridgehead atoms. The van der Waals surface area contributed by atoms with Crippen molar-refractivity contribution in [2.45, 2.75) is 26.4 Å². The van der Waals surface area contributed by atoms with Crippen LogP contribution in [-0.2, 0) is 0 Å². The van der Waals surface area contributed by atoms with E-state index in [1.165, 1.54) is 0 Å². The van der Waals surface area contributed by atoms with Crippen LogP contribution in [0.5, 0.6) is 5.75 Å². The average molecular weight is 263 g/mol. The highest BCUT2D eigenvalue weighted by Crippen LogP contribution is 2.29. The Hall–Kier alpha value is -0.440. The second-order valence-electron chi connectivity index (χ2n) is 4.38. The van der Waals surface area contributed by atoms with Gasteiger partial charge in [-0.15, -0.1) is 0 Å². The molecule has 0 fully saturated rings. The van der Waals surface area contributed by atoms with E-state index in [1.807, 2.05) is 13.8 Å². The maximum atomic E-state index is 10.0. The molecular formula is C12H16Cl2O2. The van der Waals surface area contributed by atoms with Crippen molar-refractivity contribution >= 4 is 23.2 Å². The standard InChI is InChI=1S/C12H16Cl2O2/c1-8(2)12(3,15)7-16-11-6-9(13)4-5-10(11)14/h4-6,8,15H,7H2,1-3H3. The Kier molecular flexibility index (Phi) is 4.48. The minimum atomic E-state index is -0.883. The molecule has 1 aromatic rings. The summed E-state index contributed by atoms with van der Waals surface area (Å²) in [6, 6.07) is 5.00. The summed E-state index contributed by atoms with van der Waals surface area (Å²) in [6.45, 7) is 5.78. The zero-order valence-corrected chi connectivity index (χ0v) is 11.1. The normalized spacial score (nSPS) is 14.9. The molecule has 0 amide bonds. The van der Waals surface area contributed by atoms with E-state index >= 15 is 0 Å². The van der Waals surface area contributed by atoms with Gasteiger partial charge in [0.1, 0.15) is 12.4 Å². The maximum absolute atomic E-state index is 10.0. The van der Waals surface area contributed by atoms with Crippen molar-refractivity contribution in [3.63, 3.8) is 0 Å². The maximum Gasteiger partial charge on any atom is 0.139 e. The van der Waals surface area contributed by atoms with Crippen LogP contribution in [-0.4, -0.2) is 17.3 Å². The molecule has 2 nitrogen and oxygen atoms in total. The zero-order chi connectivity index (χ0) is 12.3. The summed E-state index contributed by atoms with van der Waals surface area (Å²) < 4.78 is 5.48. The van der Waals surface area contributed by atoms with Crippen molar-refractivity contribution in [2.75, 3.05) is 6.61 Å². The number of ether oxygens (including phenoxy) is 1. The molecule has 0 aromatic heterocycles. The van der Waals surface area contributed by atoms with E-state index < -0.39 is 5.60 Å². The Labute approximate surface area is 106 Å². The lowest BCUT2D eigenvalue weighted by molar-refractivity contribution is -0.0266. The van der Waals surface area contributed by atoms with Crippen molar-refractivity contribution in [1.82, 2.24) is 0 Å². The van der Waals surface area contributed by atoms with Gasteiger partial charge in [-0.3, -0.25) is 0 Å². The molecule has 0 radical (unpaired) electrons. The number of hydrogen-bond acceptors (Lipinski definition) is 2. The fourth-order valence-electron chi connectivity index (χ4n) is 0.978. The third-order valence-electron chi connectivity index (χ3n) is 2.66. The summed E-state index contributed by atoms with van der Waals surface area (Å²) in [7, 11) is 0. The predicted molar refractivity (Wildman–Crippen MR) is 67.4 cm³/mol. The van der Waals surface area contributed by atoms with Crippen LogP contribution in [0.4, 0.5) is 0 Å². The molecule has 1 unspecified atom stereocenters. The number of hydrogen-bond donors (Lipinski definition) is 1. The number of aliphatic hydroxyl groups is 1. The first kappa shape index (κ1) is 13.6. The molecule has 0 heterocycles. The highest BCUT2D eigenvalue weighted by molar-refractivity contribution is 6.34. The molecule has 16 heavy (non-hydrogen) atoms. The quantitative estimate of drug-likeness (QED) is 0.895. The third-order valence-corrected chi connectivity index (χ3v) is 3.20. The minimum absolute atomic E-state index is 0.102. The first-order valence-corrected chi connectivity index (χ1v) is 5.89. The van der Waals surface area contributed by atoms with Crippen LogP contribution in [0.2, 0.25) is 10.0 Å². The molecule has 90 valence electrons. The topological polar surface area (TPSA) is 29.5 Å². The molecule has 1 N–H and O–H groups in total. The van der Waals surface area contributed by atoms with Gasteiger partial charge in [-0.1, -0.05) is 37.0 Å². The Bertz CT molecular complexity index is 362. The molecule has 1 atom stereocenters. The summed E-state index contributed by atoms with van der Waals surface area (Å²) in [5.74, 6) is 0.598. The van der Waals surface area contributed by atoms with Crippen LogP contribution in [0.3, 0.4) is 0 Å². The summed E-state index contributed by atoms with van der Waals surface area (Å²) >= 11 is 11.8. The van der Waals surface area contributed by atoms with Gasteiger partial charge in [0.2, 0.25) is 0 Å². The number of rotatable bonds is 4. The summed E-state index contributed by atoms with van der Waals surface area (Å²) in [4.78, 5) is 0. The monoisotopic (exact) mass is 262 g/mol. The highest BCUT2D eigenvalue weighted by atomic mass is 35.5. The van der Waals surface area contributed by atoms with Crippen LogP contribution in [0.15, 0.2) is 18.2 Å². The van der Waals surface area contributed by atoms with Crippen molar-refractivity contribution in [2.24, 2.45) is 5.92 Å². The van der Waals surface area contributed by atoms with E-state index in [0.717, 1.165) is 0 Å². The van der Waals surface area contributed by atoms with Crippen LogP contribution >= 0.6 is 23.2 Å². The molecule has 0 aliphatic carbocycles. The van der Waals surface area contributed by atoms with Crippen LogP contribution in [0.1, 0.15) is 20.8 Å². The summed E-state index contributed by atoms with van der Waals surface area (Å²) in [6.07, 6.45) is 0. The second-order valence-corrected chi connectivity index (χ2v) is 5.22.